The maximum Gasteiger partial charge on any atom is 0.337 e. The molecule has 1 aromatic heterocycles. The Morgan fingerprint density at radius 2 is 2.16 bits per heavy atom. The molecule has 0 radical (unpaired) electrons. The third kappa shape index (κ3) is 3.34. The van der Waals surface area contributed by atoms with E-state index in [1.807, 2.05) is 30.8 Å². The van der Waals surface area contributed by atoms with Crippen LogP contribution in [0.1, 0.15) is 21.5 Å². The summed E-state index contributed by atoms with van der Waals surface area (Å²) in [5, 5.41) is 16.5. The number of carbonyl (C=O) groups is 1. The second-order valence-corrected chi connectivity index (χ2v) is 4.56. The molecule has 2 N–H and O–H groups in total. The molecule has 0 spiro atoms. The van der Waals surface area contributed by atoms with Gasteiger partial charge < -0.3 is 10.4 Å². The summed E-state index contributed by atoms with van der Waals surface area (Å²) in [6.45, 7) is 5.19. The smallest absolute Gasteiger partial charge is 0.337 e. The minimum absolute atomic E-state index is 0.302. The molecule has 1 heterocycles. The second kappa shape index (κ2) is 5.56. The number of hydrogen-bond donors (Lipinski definition) is 2. The summed E-state index contributed by atoms with van der Waals surface area (Å²) in [6.07, 6.45) is 3.75. The third-order valence-electron chi connectivity index (χ3n) is 2.82. The van der Waals surface area contributed by atoms with Crippen LogP contribution in [-0.2, 0) is 6.54 Å². The molecule has 2 aromatic rings. The van der Waals surface area contributed by atoms with Crippen LogP contribution in [0.2, 0.25) is 0 Å². The van der Waals surface area contributed by atoms with Crippen LogP contribution in [0.5, 0.6) is 0 Å². The second-order valence-electron chi connectivity index (χ2n) is 4.56. The summed E-state index contributed by atoms with van der Waals surface area (Å²) in [4.78, 5) is 11.2. The number of nitrogens with zero attached hydrogens (tertiary/aromatic N) is 2. The highest BCUT2D eigenvalue weighted by molar-refractivity contribution is 5.94. The molecular weight excluding hydrogens is 242 g/mol. The first kappa shape index (κ1) is 13.1. The molecule has 0 bridgehead atoms. The topological polar surface area (TPSA) is 67.2 Å². The number of benzene rings is 1. The van der Waals surface area contributed by atoms with Gasteiger partial charge in [0.15, 0.2) is 0 Å². The first-order valence-corrected chi connectivity index (χ1v) is 6.13. The van der Waals surface area contributed by atoms with Crippen LogP contribution >= 0.6 is 0 Å². The Balaban J connectivity index is 2.01. The fourth-order valence-electron chi connectivity index (χ4n) is 1.88. The Kier molecular flexibility index (Phi) is 3.85. The van der Waals surface area contributed by atoms with E-state index >= 15 is 0 Å². The molecular formula is C14H17N3O2. The van der Waals surface area contributed by atoms with Crippen molar-refractivity contribution in [3.8, 4) is 0 Å². The highest BCUT2D eigenvalue weighted by Crippen LogP contribution is 2.17. The van der Waals surface area contributed by atoms with Gasteiger partial charge in [0.25, 0.3) is 0 Å². The fourth-order valence-corrected chi connectivity index (χ4v) is 1.88. The van der Waals surface area contributed by atoms with Gasteiger partial charge in [-0.3, -0.25) is 4.68 Å². The first-order chi connectivity index (χ1) is 9.06. The zero-order valence-corrected chi connectivity index (χ0v) is 11.1. The molecule has 5 nitrogen and oxygen atoms in total. The Hall–Kier alpha value is -2.30. The number of carboxylic acid groups (broad SMARTS) is 1. The quantitative estimate of drug-likeness (QED) is 0.864. The van der Waals surface area contributed by atoms with Gasteiger partial charge in [-0.05, 0) is 31.5 Å². The monoisotopic (exact) mass is 259 g/mol. The standard InChI is InChI=1S/C14H17N3O2/c1-10-3-4-13(12(7-10)14(18)19)15-5-6-17-9-11(2)8-16-17/h3-4,7-9,15H,5-6H2,1-2H3,(H,18,19). The van der Waals surface area contributed by atoms with Crippen LogP contribution in [0.3, 0.4) is 0 Å². The fraction of sp³-hybridized carbons (Fsp3) is 0.286. The maximum absolute atomic E-state index is 11.2. The SMILES string of the molecule is Cc1ccc(NCCn2cc(C)cn2)c(C(=O)O)c1. The van der Waals surface area contributed by atoms with Gasteiger partial charge in [-0.2, -0.15) is 5.10 Å². The minimum atomic E-state index is -0.916. The van der Waals surface area contributed by atoms with Gasteiger partial charge in [0.05, 0.1) is 18.3 Å². The van der Waals surface area contributed by atoms with E-state index in [-0.39, 0.29) is 0 Å². The van der Waals surface area contributed by atoms with Gasteiger partial charge in [-0.1, -0.05) is 11.6 Å². The zero-order chi connectivity index (χ0) is 13.8. The van der Waals surface area contributed by atoms with Crippen molar-refractivity contribution in [3.05, 3.63) is 47.3 Å². The number of aromatic nitrogens is 2. The van der Waals surface area contributed by atoms with E-state index in [2.05, 4.69) is 10.4 Å². The molecule has 0 fully saturated rings. The number of aromatic carboxylic acids is 1. The Morgan fingerprint density at radius 1 is 1.37 bits per heavy atom. The third-order valence-corrected chi connectivity index (χ3v) is 2.82. The van der Waals surface area contributed by atoms with Crippen LogP contribution in [0.25, 0.3) is 0 Å². The molecule has 1 aromatic carbocycles. The normalized spacial score (nSPS) is 10.4. The average Bonchev–Trinajstić information content (AvgIpc) is 2.77. The van der Waals surface area contributed by atoms with Gasteiger partial charge in [0.2, 0.25) is 0 Å². The largest absolute Gasteiger partial charge is 0.478 e. The summed E-state index contributed by atoms with van der Waals surface area (Å²) in [5.74, 6) is -0.916. The number of rotatable bonds is 5. The molecule has 0 saturated carbocycles. The van der Waals surface area contributed by atoms with Gasteiger partial charge in [-0.25, -0.2) is 4.79 Å². The summed E-state index contributed by atoms with van der Waals surface area (Å²) in [7, 11) is 0. The van der Waals surface area contributed by atoms with Crippen LogP contribution in [-0.4, -0.2) is 27.4 Å². The van der Waals surface area contributed by atoms with Gasteiger partial charge in [0, 0.05) is 18.4 Å². The van der Waals surface area contributed by atoms with Crippen LogP contribution in [0.4, 0.5) is 5.69 Å². The molecule has 100 valence electrons. The molecule has 0 aliphatic heterocycles. The molecule has 0 atom stereocenters. The van der Waals surface area contributed by atoms with Crippen molar-refractivity contribution in [1.82, 2.24) is 9.78 Å². The highest BCUT2D eigenvalue weighted by atomic mass is 16.4. The van der Waals surface area contributed by atoms with Gasteiger partial charge in [-0.15, -0.1) is 0 Å². The van der Waals surface area contributed by atoms with Crippen molar-refractivity contribution in [1.29, 1.82) is 0 Å². The molecule has 0 aliphatic rings. The van der Waals surface area contributed by atoms with E-state index in [9.17, 15) is 4.79 Å². The summed E-state index contributed by atoms with van der Waals surface area (Å²) in [6, 6.07) is 5.36. The Labute approximate surface area is 111 Å². The molecule has 5 heteroatoms. The van der Waals surface area contributed by atoms with Crippen molar-refractivity contribution in [2.24, 2.45) is 0 Å². The molecule has 0 aliphatic carbocycles. The summed E-state index contributed by atoms with van der Waals surface area (Å²) < 4.78 is 1.83. The van der Waals surface area contributed by atoms with Crippen LogP contribution < -0.4 is 5.32 Å². The van der Waals surface area contributed by atoms with Crippen molar-refractivity contribution in [3.63, 3.8) is 0 Å². The van der Waals surface area contributed by atoms with Crippen LogP contribution in [0.15, 0.2) is 30.6 Å². The van der Waals surface area contributed by atoms with E-state index in [1.54, 1.807) is 18.3 Å². The lowest BCUT2D eigenvalue weighted by Crippen LogP contribution is -2.13. The van der Waals surface area contributed by atoms with Crippen LogP contribution in [0, 0.1) is 13.8 Å². The van der Waals surface area contributed by atoms with Crippen molar-refractivity contribution in [2.75, 3.05) is 11.9 Å². The van der Waals surface area contributed by atoms with Crippen molar-refractivity contribution in [2.45, 2.75) is 20.4 Å². The predicted molar refractivity (Wildman–Crippen MR) is 73.6 cm³/mol. The lowest BCUT2D eigenvalue weighted by molar-refractivity contribution is 0.0698. The Morgan fingerprint density at radius 3 is 2.79 bits per heavy atom. The number of aryl methyl sites for hydroxylation is 2. The molecule has 0 amide bonds. The predicted octanol–water partition coefficient (Wildman–Crippen LogP) is 2.31. The lowest BCUT2D eigenvalue weighted by Gasteiger charge is -2.10. The van der Waals surface area contributed by atoms with Gasteiger partial charge in [0.1, 0.15) is 0 Å². The van der Waals surface area contributed by atoms with Crippen molar-refractivity contribution < 1.29 is 9.90 Å². The van der Waals surface area contributed by atoms with E-state index in [4.69, 9.17) is 5.11 Å². The lowest BCUT2D eigenvalue weighted by atomic mass is 10.1. The molecule has 2 rings (SSSR count). The highest BCUT2D eigenvalue weighted by Gasteiger charge is 2.09. The number of nitrogens with one attached hydrogen (secondary N) is 1. The average molecular weight is 259 g/mol. The number of anilines is 1. The Bertz CT molecular complexity index is 590. The first-order valence-electron chi connectivity index (χ1n) is 6.13. The zero-order valence-electron chi connectivity index (χ0n) is 11.1. The summed E-state index contributed by atoms with van der Waals surface area (Å²) in [5.41, 5.74) is 2.99. The number of carboxylic acids is 1. The molecule has 19 heavy (non-hydrogen) atoms. The minimum Gasteiger partial charge on any atom is -0.478 e. The molecule has 0 saturated heterocycles. The maximum atomic E-state index is 11.2. The van der Waals surface area contributed by atoms with Crippen molar-refractivity contribution >= 4 is 11.7 Å². The molecule has 0 unspecified atom stereocenters. The van der Waals surface area contributed by atoms with E-state index in [0.29, 0.717) is 24.3 Å². The van der Waals surface area contributed by atoms with E-state index < -0.39 is 5.97 Å². The number of hydrogen-bond acceptors (Lipinski definition) is 3. The van der Waals surface area contributed by atoms with Gasteiger partial charge >= 0.3 is 5.97 Å². The van der Waals surface area contributed by atoms with E-state index in [1.165, 1.54) is 0 Å². The summed E-state index contributed by atoms with van der Waals surface area (Å²) >= 11 is 0. The van der Waals surface area contributed by atoms with E-state index in [0.717, 1.165) is 11.1 Å².